The van der Waals surface area contributed by atoms with Crippen LogP contribution in [0.5, 0.6) is 5.75 Å². The van der Waals surface area contributed by atoms with Gasteiger partial charge in [-0.1, -0.05) is 44.2 Å². The molecule has 0 saturated heterocycles. The number of ether oxygens (including phenoxy) is 1. The zero-order valence-corrected chi connectivity index (χ0v) is 14.5. The lowest BCUT2D eigenvalue weighted by Gasteiger charge is -2.11. The second-order valence-electron chi connectivity index (χ2n) is 5.90. The summed E-state index contributed by atoms with van der Waals surface area (Å²) in [5, 5.41) is 10.3. The molecule has 0 bridgehead atoms. The highest BCUT2D eigenvalue weighted by atomic mass is 32.1. The van der Waals surface area contributed by atoms with Crippen molar-refractivity contribution in [2.75, 3.05) is 6.61 Å². The van der Waals surface area contributed by atoms with Crippen molar-refractivity contribution in [3.8, 4) is 11.8 Å². The Morgan fingerprint density at radius 1 is 1.21 bits per heavy atom. The first kappa shape index (κ1) is 16.2. The maximum absolute atomic E-state index is 9.58. The summed E-state index contributed by atoms with van der Waals surface area (Å²) in [6.45, 7) is 4.87. The molecule has 1 heterocycles. The molecule has 0 amide bonds. The van der Waals surface area contributed by atoms with Crippen molar-refractivity contribution in [2.45, 2.75) is 13.8 Å². The van der Waals surface area contributed by atoms with E-state index in [0.717, 1.165) is 26.5 Å². The number of allylic oxidation sites excluding steroid dienone is 1. The molecule has 0 aliphatic rings. The van der Waals surface area contributed by atoms with Crippen molar-refractivity contribution >= 4 is 33.2 Å². The topological polar surface area (TPSA) is 45.9 Å². The van der Waals surface area contributed by atoms with Crippen LogP contribution in [-0.2, 0) is 0 Å². The Bertz CT molecular complexity index is 886. The third-order valence-corrected chi connectivity index (χ3v) is 4.51. The van der Waals surface area contributed by atoms with Crippen LogP contribution >= 0.6 is 11.3 Å². The molecule has 0 aliphatic heterocycles. The van der Waals surface area contributed by atoms with E-state index >= 15 is 0 Å². The first-order chi connectivity index (χ1) is 11.7. The first-order valence-corrected chi connectivity index (χ1v) is 8.68. The molecule has 120 valence electrons. The van der Waals surface area contributed by atoms with Gasteiger partial charge in [-0.15, -0.1) is 11.3 Å². The highest BCUT2D eigenvalue weighted by Crippen LogP contribution is 2.30. The van der Waals surface area contributed by atoms with Crippen LogP contribution in [-0.4, -0.2) is 11.6 Å². The lowest BCUT2D eigenvalue weighted by Crippen LogP contribution is -2.05. The van der Waals surface area contributed by atoms with Crippen molar-refractivity contribution in [2.24, 2.45) is 5.92 Å². The number of thiazole rings is 1. The Hall–Kier alpha value is -2.64. The molecule has 0 saturated carbocycles. The summed E-state index contributed by atoms with van der Waals surface area (Å²) in [5.74, 6) is 1.24. The van der Waals surface area contributed by atoms with Gasteiger partial charge < -0.3 is 4.74 Å². The number of nitriles is 1. The molecule has 24 heavy (non-hydrogen) atoms. The van der Waals surface area contributed by atoms with Gasteiger partial charge >= 0.3 is 0 Å². The Labute approximate surface area is 145 Å². The van der Waals surface area contributed by atoms with E-state index in [1.165, 1.54) is 11.3 Å². The smallest absolute Gasteiger partial charge is 0.135 e. The van der Waals surface area contributed by atoms with E-state index in [9.17, 15) is 5.26 Å². The van der Waals surface area contributed by atoms with Gasteiger partial charge in [-0.3, -0.25) is 0 Å². The molecule has 3 rings (SSSR count). The number of hydrogen-bond donors (Lipinski definition) is 0. The van der Waals surface area contributed by atoms with Crippen molar-refractivity contribution in [1.82, 2.24) is 4.98 Å². The molecular weight excluding hydrogens is 316 g/mol. The highest BCUT2D eigenvalue weighted by Gasteiger charge is 2.10. The summed E-state index contributed by atoms with van der Waals surface area (Å²) in [5.41, 5.74) is 2.37. The van der Waals surface area contributed by atoms with E-state index in [1.54, 1.807) is 0 Å². The van der Waals surface area contributed by atoms with E-state index in [1.807, 2.05) is 54.6 Å². The average Bonchev–Trinajstić information content (AvgIpc) is 3.02. The molecule has 2 aromatic carbocycles. The summed E-state index contributed by atoms with van der Waals surface area (Å²) >= 11 is 1.53. The minimum atomic E-state index is 0.446. The Morgan fingerprint density at radius 2 is 1.96 bits per heavy atom. The monoisotopic (exact) mass is 334 g/mol. The number of nitrogens with zero attached hydrogens (tertiary/aromatic N) is 2. The summed E-state index contributed by atoms with van der Waals surface area (Å²) < 4.78 is 6.95. The Morgan fingerprint density at radius 3 is 2.71 bits per heavy atom. The van der Waals surface area contributed by atoms with Crippen LogP contribution in [0.4, 0.5) is 0 Å². The summed E-state index contributed by atoms with van der Waals surface area (Å²) in [7, 11) is 0. The number of benzene rings is 2. The highest BCUT2D eigenvalue weighted by molar-refractivity contribution is 7.19. The van der Waals surface area contributed by atoms with E-state index in [-0.39, 0.29) is 0 Å². The van der Waals surface area contributed by atoms with E-state index in [2.05, 4.69) is 24.9 Å². The molecule has 0 radical (unpaired) electrons. The van der Waals surface area contributed by atoms with E-state index < -0.39 is 0 Å². The zero-order valence-electron chi connectivity index (χ0n) is 13.7. The molecule has 4 heteroatoms. The molecule has 0 N–H and O–H groups in total. The SMILES string of the molecule is CC(C)COc1ccccc1/C=C(/C#N)c1nc2ccccc2s1. The van der Waals surface area contributed by atoms with Crippen LogP contribution in [0, 0.1) is 17.2 Å². The van der Waals surface area contributed by atoms with Gasteiger partial charge in [0.1, 0.15) is 16.8 Å². The summed E-state index contributed by atoms with van der Waals surface area (Å²) in [6.07, 6.45) is 1.85. The first-order valence-electron chi connectivity index (χ1n) is 7.87. The second kappa shape index (κ2) is 7.29. The standard InChI is InChI=1S/C20H18N2OS/c1-14(2)13-23-18-9-5-3-7-15(18)11-16(12-21)20-22-17-8-4-6-10-19(17)24-20/h3-11,14H,13H2,1-2H3/b16-11-. The van der Waals surface area contributed by atoms with Gasteiger partial charge in [0.05, 0.1) is 22.4 Å². The molecule has 1 aromatic heterocycles. The maximum Gasteiger partial charge on any atom is 0.135 e. The lowest BCUT2D eigenvalue weighted by molar-refractivity contribution is 0.270. The van der Waals surface area contributed by atoms with Gasteiger partial charge in [0.15, 0.2) is 0 Å². The molecule has 0 aliphatic carbocycles. The van der Waals surface area contributed by atoms with E-state index in [0.29, 0.717) is 18.1 Å². The van der Waals surface area contributed by atoms with Crippen LogP contribution < -0.4 is 4.74 Å². The van der Waals surface area contributed by atoms with Gasteiger partial charge in [-0.25, -0.2) is 4.98 Å². The van der Waals surface area contributed by atoms with Crippen LogP contribution in [0.15, 0.2) is 48.5 Å². The number of rotatable bonds is 5. The number of para-hydroxylation sites is 2. The average molecular weight is 334 g/mol. The maximum atomic E-state index is 9.58. The summed E-state index contributed by atoms with van der Waals surface area (Å²) in [6, 6.07) is 18.0. The quantitative estimate of drug-likeness (QED) is 0.587. The molecule has 0 fully saturated rings. The van der Waals surface area contributed by atoms with Gasteiger partial charge in [-0.2, -0.15) is 5.26 Å². The van der Waals surface area contributed by atoms with Crippen LogP contribution in [0.1, 0.15) is 24.4 Å². The molecule has 0 atom stereocenters. The van der Waals surface area contributed by atoms with Crippen LogP contribution in [0.25, 0.3) is 21.9 Å². The third kappa shape index (κ3) is 3.64. The summed E-state index contributed by atoms with van der Waals surface area (Å²) in [4.78, 5) is 4.57. The number of hydrogen-bond acceptors (Lipinski definition) is 4. The van der Waals surface area contributed by atoms with Crippen molar-refractivity contribution in [3.05, 3.63) is 59.1 Å². The fourth-order valence-corrected chi connectivity index (χ4v) is 3.20. The molecule has 3 aromatic rings. The zero-order chi connectivity index (χ0) is 16.9. The third-order valence-electron chi connectivity index (χ3n) is 3.44. The van der Waals surface area contributed by atoms with Gasteiger partial charge in [0.25, 0.3) is 0 Å². The fraction of sp³-hybridized carbons (Fsp3) is 0.200. The predicted molar refractivity (Wildman–Crippen MR) is 99.9 cm³/mol. The minimum absolute atomic E-state index is 0.446. The van der Waals surface area contributed by atoms with Crippen molar-refractivity contribution in [3.63, 3.8) is 0 Å². The molecular formula is C20H18N2OS. The molecule has 0 spiro atoms. The van der Waals surface area contributed by atoms with Crippen molar-refractivity contribution in [1.29, 1.82) is 5.26 Å². The Kier molecular flexibility index (Phi) is 4.93. The number of aromatic nitrogens is 1. The van der Waals surface area contributed by atoms with Gasteiger partial charge in [-0.05, 0) is 30.2 Å². The predicted octanol–water partition coefficient (Wildman–Crippen LogP) is 5.40. The van der Waals surface area contributed by atoms with E-state index in [4.69, 9.17) is 4.74 Å². The van der Waals surface area contributed by atoms with Crippen molar-refractivity contribution < 1.29 is 4.74 Å². The van der Waals surface area contributed by atoms with Gasteiger partial charge in [0.2, 0.25) is 0 Å². The molecule has 0 unspecified atom stereocenters. The second-order valence-corrected chi connectivity index (χ2v) is 6.93. The lowest BCUT2D eigenvalue weighted by atomic mass is 10.1. The van der Waals surface area contributed by atoms with Crippen LogP contribution in [0.2, 0.25) is 0 Å². The largest absolute Gasteiger partial charge is 0.493 e. The van der Waals surface area contributed by atoms with Crippen LogP contribution in [0.3, 0.4) is 0 Å². The fourth-order valence-electron chi connectivity index (χ4n) is 2.27. The minimum Gasteiger partial charge on any atom is -0.493 e. The normalized spacial score (nSPS) is 11.7. The number of fused-ring (bicyclic) bond motifs is 1. The Balaban J connectivity index is 1.97. The van der Waals surface area contributed by atoms with Gasteiger partial charge in [0, 0.05) is 5.56 Å². The molecule has 3 nitrogen and oxygen atoms in total.